The summed E-state index contributed by atoms with van der Waals surface area (Å²) in [7, 11) is 1.59. The molecule has 0 aliphatic rings. The predicted octanol–water partition coefficient (Wildman–Crippen LogP) is 5.61. The van der Waals surface area contributed by atoms with Crippen LogP contribution in [-0.4, -0.2) is 19.0 Å². The van der Waals surface area contributed by atoms with Crippen molar-refractivity contribution in [2.75, 3.05) is 12.4 Å². The van der Waals surface area contributed by atoms with Gasteiger partial charge in [0, 0.05) is 17.7 Å². The Bertz CT molecular complexity index is 1010. The number of methoxy groups -OCH3 is 1. The van der Waals surface area contributed by atoms with Crippen molar-refractivity contribution in [3.63, 3.8) is 0 Å². The van der Waals surface area contributed by atoms with Crippen LogP contribution < -0.4 is 14.8 Å². The number of hydrogen-bond donors (Lipinski definition) is 1. The first kappa shape index (κ1) is 22.1. The van der Waals surface area contributed by atoms with E-state index in [1.54, 1.807) is 55.6 Å². The van der Waals surface area contributed by atoms with E-state index in [4.69, 9.17) is 9.47 Å². The maximum Gasteiger partial charge on any atom is 0.311 e. The molecule has 0 spiro atoms. The highest BCUT2D eigenvalue weighted by atomic mass is 16.5. The zero-order chi connectivity index (χ0) is 22.2. The van der Waals surface area contributed by atoms with Crippen LogP contribution in [0.3, 0.4) is 0 Å². The molecule has 0 radical (unpaired) electrons. The molecule has 3 rings (SSSR count). The van der Waals surface area contributed by atoms with Crippen LogP contribution in [0.2, 0.25) is 0 Å². The molecule has 1 amide bonds. The number of esters is 1. The molecule has 5 nitrogen and oxygen atoms in total. The number of rotatable bonds is 8. The van der Waals surface area contributed by atoms with Crippen LogP contribution in [0.25, 0.3) is 0 Å². The second-order valence-corrected chi connectivity index (χ2v) is 7.58. The first-order valence-electron chi connectivity index (χ1n) is 10.3. The van der Waals surface area contributed by atoms with Crippen molar-refractivity contribution < 1.29 is 19.1 Å². The van der Waals surface area contributed by atoms with Crippen LogP contribution in [0.15, 0.2) is 72.8 Å². The standard InChI is InChI=1S/C26H27NO4/c1-18(2)20-7-4-19(5-8-20)6-17-25(28)31-24-13-9-21(10-14-24)26(29)27-22-11-15-23(30-3)16-12-22/h4-5,7-16,18H,6,17H2,1-3H3,(H,27,29). The highest BCUT2D eigenvalue weighted by Gasteiger charge is 2.09. The lowest BCUT2D eigenvalue weighted by atomic mass is 10.0. The van der Waals surface area contributed by atoms with Crippen LogP contribution in [0, 0.1) is 0 Å². The van der Waals surface area contributed by atoms with Gasteiger partial charge in [-0.15, -0.1) is 0 Å². The summed E-state index contributed by atoms with van der Waals surface area (Å²) in [6.45, 7) is 4.31. The van der Waals surface area contributed by atoms with Gasteiger partial charge in [-0.3, -0.25) is 9.59 Å². The zero-order valence-electron chi connectivity index (χ0n) is 18.1. The number of ether oxygens (including phenoxy) is 2. The van der Waals surface area contributed by atoms with Gasteiger partial charge in [0.15, 0.2) is 0 Å². The Morgan fingerprint density at radius 2 is 1.45 bits per heavy atom. The number of hydrogen-bond acceptors (Lipinski definition) is 4. The van der Waals surface area contributed by atoms with Gasteiger partial charge < -0.3 is 14.8 Å². The molecule has 0 atom stereocenters. The van der Waals surface area contributed by atoms with Gasteiger partial charge in [0.1, 0.15) is 11.5 Å². The van der Waals surface area contributed by atoms with Crippen LogP contribution in [-0.2, 0) is 11.2 Å². The monoisotopic (exact) mass is 417 g/mol. The number of benzene rings is 3. The van der Waals surface area contributed by atoms with E-state index >= 15 is 0 Å². The van der Waals surface area contributed by atoms with Gasteiger partial charge in [-0.2, -0.15) is 0 Å². The minimum atomic E-state index is -0.302. The lowest BCUT2D eigenvalue weighted by Gasteiger charge is -2.08. The average molecular weight is 418 g/mol. The average Bonchev–Trinajstić information content (AvgIpc) is 2.79. The first-order chi connectivity index (χ1) is 14.9. The predicted molar refractivity (Wildman–Crippen MR) is 122 cm³/mol. The fourth-order valence-corrected chi connectivity index (χ4v) is 3.05. The highest BCUT2D eigenvalue weighted by Crippen LogP contribution is 2.19. The second kappa shape index (κ2) is 10.4. The molecule has 0 saturated carbocycles. The number of anilines is 1. The van der Waals surface area contributed by atoms with Crippen molar-refractivity contribution in [1.29, 1.82) is 0 Å². The number of carbonyl (C=O) groups excluding carboxylic acids is 2. The van der Waals surface area contributed by atoms with Gasteiger partial charge >= 0.3 is 5.97 Å². The molecule has 0 unspecified atom stereocenters. The third-order valence-corrected chi connectivity index (χ3v) is 4.96. The second-order valence-electron chi connectivity index (χ2n) is 7.58. The van der Waals surface area contributed by atoms with E-state index in [2.05, 4.69) is 43.4 Å². The molecule has 0 bridgehead atoms. The smallest absolute Gasteiger partial charge is 0.311 e. The van der Waals surface area contributed by atoms with E-state index in [1.165, 1.54) is 5.56 Å². The van der Waals surface area contributed by atoms with Crippen molar-refractivity contribution in [3.05, 3.63) is 89.5 Å². The molecule has 0 heterocycles. The summed E-state index contributed by atoms with van der Waals surface area (Å²) in [6, 6.07) is 21.9. The third kappa shape index (κ3) is 6.44. The number of aryl methyl sites for hydroxylation is 1. The molecular formula is C26H27NO4. The largest absolute Gasteiger partial charge is 0.497 e. The van der Waals surface area contributed by atoms with E-state index in [0.717, 1.165) is 11.3 Å². The number of amides is 1. The summed E-state index contributed by atoms with van der Waals surface area (Å²) in [5.41, 5.74) is 3.53. The number of nitrogens with one attached hydrogen (secondary N) is 1. The molecule has 0 saturated heterocycles. The maximum atomic E-state index is 12.4. The van der Waals surface area contributed by atoms with Crippen LogP contribution >= 0.6 is 0 Å². The molecule has 1 N–H and O–H groups in total. The Morgan fingerprint density at radius 1 is 0.839 bits per heavy atom. The van der Waals surface area contributed by atoms with Crippen LogP contribution in [0.5, 0.6) is 11.5 Å². The van der Waals surface area contributed by atoms with Gasteiger partial charge in [-0.25, -0.2) is 0 Å². The molecule has 0 aliphatic heterocycles. The molecule has 3 aromatic carbocycles. The quantitative estimate of drug-likeness (QED) is 0.382. The van der Waals surface area contributed by atoms with Crippen molar-refractivity contribution >= 4 is 17.6 Å². The van der Waals surface area contributed by atoms with Gasteiger partial charge in [0.2, 0.25) is 0 Å². The van der Waals surface area contributed by atoms with Gasteiger partial charge in [-0.05, 0) is 72.0 Å². The first-order valence-corrected chi connectivity index (χ1v) is 10.3. The zero-order valence-corrected chi connectivity index (χ0v) is 18.1. The van der Waals surface area contributed by atoms with E-state index in [-0.39, 0.29) is 11.9 Å². The van der Waals surface area contributed by atoms with Crippen LogP contribution in [0.1, 0.15) is 47.7 Å². The number of carbonyl (C=O) groups is 2. The van der Waals surface area contributed by atoms with E-state index < -0.39 is 0 Å². The van der Waals surface area contributed by atoms with Crippen molar-refractivity contribution in [2.24, 2.45) is 0 Å². The minimum absolute atomic E-state index is 0.243. The summed E-state index contributed by atoms with van der Waals surface area (Å²) in [5.74, 6) is 1.08. The highest BCUT2D eigenvalue weighted by molar-refractivity contribution is 6.04. The summed E-state index contributed by atoms with van der Waals surface area (Å²) in [4.78, 5) is 24.5. The molecule has 5 heteroatoms. The fraction of sp³-hybridized carbons (Fsp3) is 0.231. The van der Waals surface area contributed by atoms with Crippen molar-refractivity contribution in [3.8, 4) is 11.5 Å². The Hall–Kier alpha value is -3.60. The summed E-state index contributed by atoms with van der Waals surface area (Å²) >= 11 is 0. The van der Waals surface area contributed by atoms with Gasteiger partial charge in [0.25, 0.3) is 5.91 Å². The minimum Gasteiger partial charge on any atom is -0.497 e. The maximum absolute atomic E-state index is 12.4. The lowest BCUT2D eigenvalue weighted by molar-refractivity contribution is -0.134. The van der Waals surface area contributed by atoms with Crippen molar-refractivity contribution in [1.82, 2.24) is 0 Å². The summed E-state index contributed by atoms with van der Waals surface area (Å²) < 4.78 is 10.5. The molecule has 0 fully saturated rings. The Morgan fingerprint density at radius 3 is 2.03 bits per heavy atom. The SMILES string of the molecule is COc1ccc(NC(=O)c2ccc(OC(=O)CCc3ccc(C(C)C)cc3)cc2)cc1. The fourth-order valence-electron chi connectivity index (χ4n) is 3.05. The lowest BCUT2D eigenvalue weighted by Crippen LogP contribution is -2.12. The van der Waals surface area contributed by atoms with Crippen LogP contribution in [0.4, 0.5) is 5.69 Å². The van der Waals surface area contributed by atoms with E-state index in [0.29, 0.717) is 35.8 Å². The molecular weight excluding hydrogens is 390 g/mol. The van der Waals surface area contributed by atoms with E-state index in [1.807, 2.05) is 0 Å². The molecule has 31 heavy (non-hydrogen) atoms. The molecule has 0 aromatic heterocycles. The summed E-state index contributed by atoms with van der Waals surface area (Å²) in [6.07, 6.45) is 0.917. The third-order valence-electron chi connectivity index (χ3n) is 4.96. The molecule has 160 valence electrons. The Kier molecular flexibility index (Phi) is 7.44. The van der Waals surface area contributed by atoms with Crippen molar-refractivity contribution in [2.45, 2.75) is 32.6 Å². The molecule has 3 aromatic rings. The Balaban J connectivity index is 1.49. The summed E-state index contributed by atoms with van der Waals surface area (Å²) in [5, 5.41) is 2.82. The molecule has 0 aliphatic carbocycles. The normalized spacial score (nSPS) is 10.6. The Labute approximate surface area is 183 Å². The van der Waals surface area contributed by atoms with Gasteiger partial charge in [-0.1, -0.05) is 38.1 Å². The topological polar surface area (TPSA) is 64.6 Å². The van der Waals surface area contributed by atoms with E-state index in [9.17, 15) is 9.59 Å². The van der Waals surface area contributed by atoms with Gasteiger partial charge in [0.05, 0.1) is 7.11 Å².